The average molecular weight is 642 g/mol. The van der Waals surface area contributed by atoms with E-state index in [9.17, 15) is 34.8 Å². The van der Waals surface area contributed by atoms with Gasteiger partial charge in [-0.25, -0.2) is 4.98 Å². The second-order valence-electron chi connectivity index (χ2n) is 11.4. The van der Waals surface area contributed by atoms with Crippen molar-refractivity contribution in [3.63, 3.8) is 0 Å². The zero-order valence-electron chi connectivity index (χ0n) is 24.4. The molecule has 1 saturated heterocycles. The van der Waals surface area contributed by atoms with Crippen molar-refractivity contribution in [2.45, 2.75) is 99.3 Å². The number of aliphatic hydroxyl groups excluding tert-OH is 4. The number of nitrogen functional groups attached to an aromatic ring is 1. The van der Waals surface area contributed by atoms with Crippen LogP contribution in [0, 0.1) is 0 Å². The molecule has 0 aromatic carbocycles. The molecule has 45 heavy (non-hydrogen) atoms. The Morgan fingerprint density at radius 3 is 2.56 bits per heavy atom. The summed E-state index contributed by atoms with van der Waals surface area (Å²) >= 11 is 0. The summed E-state index contributed by atoms with van der Waals surface area (Å²) in [6.07, 6.45) is -6.92. The van der Waals surface area contributed by atoms with Gasteiger partial charge in [-0.1, -0.05) is 0 Å². The number of rotatable bonds is 12. The zero-order chi connectivity index (χ0) is 33.0. The number of aromatic nitrogens is 4. The van der Waals surface area contributed by atoms with Gasteiger partial charge in [0.1, 0.15) is 43.1 Å². The van der Waals surface area contributed by atoms with Crippen LogP contribution < -0.4 is 44.9 Å². The lowest BCUT2D eigenvalue weighted by Gasteiger charge is -2.46. The molecule has 20 nitrogen and oxygen atoms in total. The number of amides is 2. The Labute approximate surface area is 256 Å². The Balaban J connectivity index is 1.40. The first kappa shape index (κ1) is 34.6. The highest BCUT2D eigenvalue weighted by molar-refractivity contribution is 5.88. The molecule has 17 N–H and O–H groups in total. The quantitative estimate of drug-likeness (QED) is 0.0958. The van der Waals surface area contributed by atoms with Crippen molar-refractivity contribution in [2.24, 2.45) is 22.9 Å². The predicted octanol–water partition coefficient (Wildman–Crippen LogP) is -6.63. The average Bonchev–Trinajstić information content (AvgIpc) is 3.39. The van der Waals surface area contributed by atoms with Crippen molar-refractivity contribution in [1.82, 2.24) is 30.2 Å². The highest BCUT2D eigenvalue weighted by Gasteiger charge is 2.48. The van der Waals surface area contributed by atoms with Gasteiger partial charge in [-0.05, 0) is 32.2 Å². The number of carbonyl (C=O) groups excluding carboxylic acids is 2. The minimum atomic E-state index is -1.55. The van der Waals surface area contributed by atoms with Crippen LogP contribution in [0.1, 0.15) is 25.7 Å². The zero-order valence-corrected chi connectivity index (χ0v) is 24.4. The van der Waals surface area contributed by atoms with Crippen molar-refractivity contribution < 1.29 is 39.5 Å². The summed E-state index contributed by atoms with van der Waals surface area (Å²) in [6.45, 7) is -0.276. The number of nitrogens with one attached hydrogen (secondary N) is 3. The molecule has 0 radical (unpaired) electrons. The number of nitrogens with zero attached hydrogens (tertiary/aromatic N) is 3. The number of H-pyrrole nitrogens is 1. The number of fused-ring (bicyclic) bond motifs is 1. The molecular weight excluding hydrogens is 598 g/mol. The van der Waals surface area contributed by atoms with Crippen LogP contribution in [-0.2, 0) is 25.6 Å². The molecule has 20 heteroatoms. The van der Waals surface area contributed by atoms with E-state index < -0.39 is 84.5 Å². The van der Waals surface area contributed by atoms with Gasteiger partial charge in [-0.2, -0.15) is 4.98 Å². The fourth-order valence-electron chi connectivity index (χ4n) is 5.44. The van der Waals surface area contributed by atoms with Crippen LogP contribution >= 0.6 is 0 Å². The van der Waals surface area contributed by atoms with Gasteiger partial charge < -0.3 is 73.8 Å². The first-order valence-corrected chi connectivity index (χ1v) is 14.6. The molecule has 3 heterocycles. The number of hydrogen-bond acceptors (Lipinski definition) is 16. The molecule has 4 rings (SSSR count). The normalized spacial score (nSPS) is 32.7. The van der Waals surface area contributed by atoms with Gasteiger partial charge in [0, 0.05) is 18.6 Å². The van der Waals surface area contributed by atoms with Crippen LogP contribution in [0.5, 0.6) is 0 Å². The maximum absolute atomic E-state index is 13.2. The Bertz CT molecular complexity index is 1380. The lowest BCUT2D eigenvalue weighted by atomic mass is 9.84. The van der Waals surface area contributed by atoms with Crippen molar-refractivity contribution in [3.05, 3.63) is 16.7 Å². The summed E-state index contributed by atoms with van der Waals surface area (Å²) in [5.74, 6) is -1.36. The summed E-state index contributed by atoms with van der Waals surface area (Å²) < 4.78 is 12.9. The lowest BCUT2D eigenvalue weighted by Crippen LogP contribution is -2.67. The second-order valence-corrected chi connectivity index (χ2v) is 11.4. The number of unbranched alkanes of at least 4 members (excludes halogenated alkanes) is 1. The number of anilines is 1. The van der Waals surface area contributed by atoms with Crippen molar-refractivity contribution in [1.29, 1.82) is 0 Å². The Morgan fingerprint density at radius 1 is 1.11 bits per heavy atom. The molecule has 0 spiro atoms. The summed E-state index contributed by atoms with van der Waals surface area (Å²) in [4.78, 5) is 48.5. The third-order valence-corrected chi connectivity index (χ3v) is 8.01. The Hall–Kier alpha value is -3.31. The highest BCUT2D eigenvalue weighted by atomic mass is 16.7. The van der Waals surface area contributed by atoms with Crippen molar-refractivity contribution >= 4 is 28.9 Å². The van der Waals surface area contributed by atoms with E-state index in [0.717, 1.165) is 0 Å². The van der Waals surface area contributed by atoms with E-state index in [4.69, 9.17) is 38.1 Å². The standard InChI is InChI=1S/C25H43N11O9/c26-4-2-1-3-11(33-13(37)7-36-8-32-15-21(36)34-25(30)35-23(15)43)22(42)31-6-12-17(39)18(40)14(29)24(44-12)45-20-10(28)5-9(27)16(38)19(20)41/h8-12,14,16-20,24,38-41H,1-7,26-29H2,(H,31,42)(H,33,37)(H3,30,34,35,43)/t9-,10+,11+,12-,14-,16+,17-,18-,19-,20-,24-/m1/s1. The maximum atomic E-state index is 13.2. The number of nitrogens with two attached hydrogens (primary N) is 5. The molecular formula is C25H43N11O9. The van der Waals surface area contributed by atoms with Gasteiger partial charge in [-0.15, -0.1) is 0 Å². The molecule has 1 aliphatic carbocycles. The van der Waals surface area contributed by atoms with Gasteiger partial charge in [0.05, 0.1) is 18.5 Å². The fraction of sp³-hybridized carbons (Fsp3) is 0.720. The van der Waals surface area contributed by atoms with Gasteiger partial charge >= 0.3 is 0 Å². The number of imidazole rings is 1. The van der Waals surface area contributed by atoms with Crippen molar-refractivity contribution in [3.8, 4) is 0 Å². The minimum absolute atomic E-state index is 0.01000. The van der Waals surface area contributed by atoms with Crippen LogP contribution in [0.15, 0.2) is 11.1 Å². The van der Waals surface area contributed by atoms with E-state index in [2.05, 4.69) is 25.6 Å². The lowest BCUT2D eigenvalue weighted by molar-refractivity contribution is -0.288. The van der Waals surface area contributed by atoms with Crippen LogP contribution in [0.3, 0.4) is 0 Å². The minimum Gasteiger partial charge on any atom is -0.389 e. The molecule has 11 atom stereocenters. The number of aromatic amines is 1. The smallest absolute Gasteiger partial charge is 0.280 e. The molecule has 1 aliphatic heterocycles. The molecule has 2 aromatic heterocycles. The molecule has 2 aromatic rings. The van der Waals surface area contributed by atoms with Crippen molar-refractivity contribution in [2.75, 3.05) is 18.8 Å². The summed E-state index contributed by atoms with van der Waals surface area (Å²) in [7, 11) is 0. The molecule has 252 valence electrons. The Morgan fingerprint density at radius 2 is 1.84 bits per heavy atom. The van der Waals surface area contributed by atoms with Crippen LogP contribution in [-0.4, -0.2) is 132 Å². The monoisotopic (exact) mass is 641 g/mol. The second kappa shape index (κ2) is 14.9. The fourth-order valence-corrected chi connectivity index (χ4v) is 5.44. The number of hydrogen-bond donors (Lipinski definition) is 12. The van der Waals surface area contributed by atoms with E-state index in [1.54, 1.807) is 0 Å². The first-order valence-electron chi connectivity index (χ1n) is 14.6. The Kier molecular flexibility index (Phi) is 11.4. The number of ether oxygens (including phenoxy) is 2. The van der Waals surface area contributed by atoms with Gasteiger partial charge in [-0.3, -0.25) is 19.4 Å². The first-order chi connectivity index (χ1) is 21.3. The topological polar surface area (TPSA) is 351 Å². The largest absolute Gasteiger partial charge is 0.389 e. The summed E-state index contributed by atoms with van der Waals surface area (Å²) in [5.41, 5.74) is 28.6. The molecule has 2 amide bonds. The summed E-state index contributed by atoms with van der Waals surface area (Å²) in [5, 5.41) is 47.1. The molecule has 1 saturated carbocycles. The number of aliphatic hydroxyl groups is 4. The van der Waals surface area contributed by atoms with Gasteiger partial charge in [0.25, 0.3) is 5.56 Å². The molecule has 2 fully saturated rings. The number of carbonyl (C=O) groups is 2. The van der Waals surface area contributed by atoms with Crippen LogP contribution in [0.2, 0.25) is 0 Å². The van der Waals surface area contributed by atoms with E-state index in [-0.39, 0.29) is 43.0 Å². The maximum Gasteiger partial charge on any atom is 0.280 e. The third kappa shape index (κ3) is 7.92. The molecule has 0 bridgehead atoms. The van der Waals surface area contributed by atoms with Gasteiger partial charge in [0.2, 0.25) is 17.8 Å². The third-order valence-electron chi connectivity index (χ3n) is 8.01. The van der Waals surface area contributed by atoms with E-state index in [1.807, 2.05) is 0 Å². The van der Waals surface area contributed by atoms with E-state index >= 15 is 0 Å². The van der Waals surface area contributed by atoms with Gasteiger partial charge in [0.15, 0.2) is 17.5 Å². The highest BCUT2D eigenvalue weighted by Crippen LogP contribution is 2.27. The van der Waals surface area contributed by atoms with E-state index in [0.29, 0.717) is 19.4 Å². The SMILES string of the molecule is NCCCC[C@H](NC(=O)Cn1cnc2c(=O)[nH]c(N)nc21)C(=O)NC[C@H]1O[C@H](O[C@H]2[C@H](O)[C@@H](O)[C@H](N)C[C@@H]2N)[C@H](N)[C@@H](O)[C@@H]1O. The predicted molar refractivity (Wildman–Crippen MR) is 157 cm³/mol. The molecule has 0 unspecified atom stereocenters. The van der Waals surface area contributed by atoms with E-state index in [1.165, 1.54) is 10.9 Å². The molecule has 2 aliphatic rings. The van der Waals surface area contributed by atoms with Crippen LogP contribution in [0.4, 0.5) is 5.95 Å². The summed E-state index contributed by atoms with van der Waals surface area (Å²) in [6, 6.07) is -3.85. The van der Waals surface area contributed by atoms with Crippen LogP contribution in [0.25, 0.3) is 11.2 Å².